The van der Waals surface area contributed by atoms with E-state index in [1.165, 1.54) is 18.0 Å². The molecule has 0 aliphatic heterocycles. The summed E-state index contributed by atoms with van der Waals surface area (Å²) in [5, 5.41) is 0.592. The van der Waals surface area contributed by atoms with Gasteiger partial charge in [-0.15, -0.1) is 0 Å². The molecule has 2 aromatic rings. The first-order chi connectivity index (χ1) is 6.88. The largest absolute Gasteiger partial charge is 0.457 e. The van der Waals surface area contributed by atoms with Gasteiger partial charge in [-0.05, 0) is 12.1 Å². The zero-order chi connectivity index (χ0) is 9.80. The van der Waals surface area contributed by atoms with Crippen molar-refractivity contribution >= 4 is 18.0 Å². The fraction of sp³-hybridized carbons (Fsp3) is 0.111. The lowest BCUT2D eigenvalue weighted by atomic mass is 10.4. The number of furan rings is 1. The molecule has 0 radical (unpaired) electrons. The van der Waals surface area contributed by atoms with Crippen molar-refractivity contribution in [2.75, 3.05) is 0 Å². The van der Waals surface area contributed by atoms with Crippen LogP contribution in [0.15, 0.2) is 38.6 Å². The Balaban J connectivity index is 1.95. The van der Waals surface area contributed by atoms with Crippen molar-refractivity contribution in [3.05, 3.63) is 36.1 Å². The predicted octanol–water partition coefficient (Wildman–Crippen LogP) is 2.37. The molecule has 4 nitrogen and oxygen atoms in total. The normalized spacial score (nSPS) is 10.3. The molecule has 0 amide bonds. The van der Waals surface area contributed by atoms with E-state index in [1.807, 2.05) is 0 Å². The lowest BCUT2D eigenvalue weighted by molar-refractivity contribution is 0.109. The van der Waals surface area contributed by atoms with E-state index in [9.17, 15) is 4.79 Å². The number of hydrogen-bond acceptors (Lipinski definition) is 5. The predicted molar refractivity (Wildman–Crippen MR) is 50.2 cm³/mol. The van der Waals surface area contributed by atoms with Crippen molar-refractivity contribution in [1.82, 2.24) is 4.98 Å². The van der Waals surface area contributed by atoms with Gasteiger partial charge in [-0.2, -0.15) is 0 Å². The molecule has 0 spiro atoms. The van der Waals surface area contributed by atoms with Crippen LogP contribution in [0.25, 0.3) is 0 Å². The lowest BCUT2D eigenvalue weighted by Gasteiger charge is -1.91. The summed E-state index contributed by atoms with van der Waals surface area (Å²) in [5.41, 5.74) is 0. The molecule has 2 rings (SSSR count). The third-order valence-corrected chi connectivity index (χ3v) is 2.42. The van der Waals surface area contributed by atoms with Gasteiger partial charge >= 0.3 is 0 Å². The molecule has 2 aromatic heterocycles. The maximum Gasteiger partial charge on any atom is 0.255 e. The van der Waals surface area contributed by atoms with Crippen LogP contribution in [0.3, 0.4) is 0 Å². The summed E-state index contributed by atoms with van der Waals surface area (Å²) in [6.07, 6.45) is 3.78. The van der Waals surface area contributed by atoms with Crippen LogP contribution in [0.4, 0.5) is 0 Å². The zero-order valence-electron chi connectivity index (χ0n) is 7.17. The van der Waals surface area contributed by atoms with Crippen molar-refractivity contribution in [2.24, 2.45) is 0 Å². The second-order valence-electron chi connectivity index (χ2n) is 2.51. The minimum Gasteiger partial charge on any atom is -0.457 e. The monoisotopic (exact) mass is 209 g/mol. The number of nitrogens with zero attached hydrogens (tertiary/aromatic N) is 1. The van der Waals surface area contributed by atoms with E-state index in [0.29, 0.717) is 23.0 Å². The molecule has 14 heavy (non-hydrogen) atoms. The molecule has 0 unspecified atom stereocenters. The quantitative estimate of drug-likeness (QED) is 0.571. The van der Waals surface area contributed by atoms with Crippen LogP contribution >= 0.6 is 11.8 Å². The van der Waals surface area contributed by atoms with E-state index >= 15 is 0 Å². The average molecular weight is 209 g/mol. The summed E-state index contributed by atoms with van der Waals surface area (Å²) in [5.74, 6) is 1.68. The Hall–Kier alpha value is -1.49. The number of aldehydes is 1. The Kier molecular flexibility index (Phi) is 2.69. The first-order valence-corrected chi connectivity index (χ1v) is 4.93. The summed E-state index contributed by atoms with van der Waals surface area (Å²) in [6, 6.07) is 3.40. The first kappa shape index (κ1) is 9.08. The molecule has 0 saturated heterocycles. The summed E-state index contributed by atoms with van der Waals surface area (Å²) in [7, 11) is 0. The number of thioether (sulfide) groups is 1. The van der Waals surface area contributed by atoms with E-state index in [4.69, 9.17) is 8.83 Å². The van der Waals surface area contributed by atoms with Crippen molar-refractivity contribution in [2.45, 2.75) is 11.0 Å². The average Bonchev–Trinajstić information content (AvgIpc) is 2.86. The number of carbonyl (C=O) groups excluding carboxylic acids is 1. The Bertz CT molecular complexity index is 407. The molecule has 5 heteroatoms. The standard InChI is InChI=1S/C9H7NO3S/c11-5-7-1-2-8(13-7)6-14-9-10-3-4-12-9/h1-5H,6H2. The Morgan fingerprint density at radius 2 is 2.43 bits per heavy atom. The number of oxazole rings is 1. The molecule has 0 bridgehead atoms. The highest BCUT2D eigenvalue weighted by Gasteiger charge is 2.03. The molecular weight excluding hydrogens is 202 g/mol. The third-order valence-electron chi connectivity index (χ3n) is 1.55. The Labute approximate surface area is 84.3 Å². The van der Waals surface area contributed by atoms with Gasteiger partial charge < -0.3 is 8.83 Å². The van der Waals surface area contributed by atoms with E-state index in [-0.39, 0.29) is 0 Å². The van der Waals surface area contributed by atoms with Crippen LogP contribution in [-0.4, -0.2) is 11.3 Å². The molecule has 0 saturated carbocycles. The summed E-state index contributed by atoms with van der Waals surface area (Å²) >= 11 is 1.42. The second-order valence-corrected chi connectivity index (χ2v) is 3.44. The van der Waals surface area contributed by atoms with E-state index in [1.54, 1.807) is 18.3 Å². The summed E-state index contributed by atoms with van der Waals surface area (Å²) in [6.45, 7) is 0. The van der Waals surface area contributed by atoms with Crippen molar-refractivity contribution < 1.29 is 13.6 Å². The van der Waals surface area contributed by atoms with Crippen LogP contribution in [0.1, 0.15) is 16.3 Å². The van der Waals surface area contributed by atoms with Gasteiger partial charge in [-0.3, -0.25) is 4.79 Å². The highest BCUT2D eigenvalue weighted by molar-refractivity contribution is 7.98. The van der Waals surface area contributed by atoms with E-state index < -0.39 is 0 Å². The fourth-order valence-electron chi connectivity index (χ4n) is 0.950. The molecule has 0 aliphatic carbocycles. The van der Waals surface area contributed by atoms with E-state index in [0.717, 1.165) is 5.76 Å². The van der Waals surface area contributed by atoms with Gasteiger partial charge in [0, 0.05) is 0 Å². The SMILES string of the molecule is O=Cc1ccc(CSc2ncco2)o1. The maximum absolute atomic E-state index is 10.3. The molecule has 0 N–H and O–H groups in total. The number of rotatable bonds is 4. The molecule has 0 aliphatic rings. The van der Waals surface area contributed by atoms with Crippen LogP contribution in [0.5, 0.6) is 0 Å². The van der Waals surface area contributed by atoms with Gasteiger partial charge in [0.05, 0.1) is 11.9 Å². The smallest absolute Gasteiger partial charge is 0.255 e. The van der Waals surface area contributed by atoms with Crippen molar-refractivity contribution in [3.63, 3.8) is 0 Å². The molecule has 0 aromatic carbocycles. The van der Waals surface area contributed by atoms with Crippen LogP contribution in [0, 0.1) is 0 Å². The zero-order valence-corrected chi connectivity index (χ0v) is 7.99. The topological polar surface area (TPSA) is 56.2 Å². The number of carbonyl (C=O) groups is 1. The highest BCUT2D eigenvalue weighted by Crippen LogP contribution is 2.21. The van der Waals surface area contributed by atoms with Gasteiger partial charge in [-0.25, -0.2) is 4.98 Å². The molecule has 0 atom stereocenters. The minimum atomic E-state index is 0.341. The minimum absolute atomic E-state index is 0.341. The molecule has 72 valence electrons. The van der Waals surface area contributed by atoms with Crippen LogP contribution in [-0.2, 0) is 5.75 Å². The lowest BCUT2D eigenvalue weighted by Crippen LogP contribution is -1.75. The first-order valence-electron chi connectivity index (χ1n) is 3.94. The Morgan fingerprint density at radius 1 is 1.50 bits per heavy atom. The highest BCUT2D eigenvalue weighted by atomic mass is 32.2. The fourth-order valence-corrected chi connectivity index (χ4v) is 1.63. The van der Waals surface area contributed by atoms with Crippen LogP contribution < -0.4 is 0 Å². The molecular formula is C9H7NO3S. The Morgan fingerprint density at radius 3 is 3.07 bits per heavy atom. The molecule has 2 heterocycles. The van der Waals surface area contributed by atoms with Gasteiger partial charge in [0.15, 0.2) is 12.0 Å². The number of hydrogen-bond donors (Lipinski definition) is 0. The van der Waals surface area contributed by atoms with Crippen molar-refractivity contribution in [1.29, 1.82) is 0 Å². The summed E-state index contributed by atoms with van der Waals surface area (Å²) < 4.78 is 10.2. The van der Waals surface area contributed by atoms with Crippen LogP contribution in [0.2, 0.25) is 0 Å². The number of aromatic nitrogens is 1. The van der Waals surface area contributed by atoms with Gasteiger partial charge in [0.2, 0.25) is 0 Å². The molecule has 0 fully saturated rings. The van der Waals surface area contributed by atoms with Gasteiger partial charge in [-0.1, -0.05) is 11.8 Å². The summed E-state index contributed by atoms with van der Waals surface area (Å²) in [4.78, 5) is 14.3. The maximum atomic E-state index is 10.3. The van der Waals surface area contributed by atoms with Gasteiger partial charge in [0.25, 0.3) is 5.22 Å². The second kappa shape index (κ2) is 4.15. The van der Waals surface area contributed by atoms with E-state index in [2.05, 4.69) is 4.98 Å². The van der Waals surface area contributed by atoms with Crippen molar-refractivity contribution in [3.8, 4) is 0 Å². The third kappa shape index (κ3) is 2.05. The van der Waals surface area contributed by atoms with Gasteiger partial charge in [0.1, 0.15) is 12.0 Å².